The first-order chi connectivity index (χ1) is 13.3. The molecule has 0 spiro atoms. The summed E-state index contributed by atoms with van der Waals surface area (Å²) in [6.45, 7) is 10.7. The Labute approximate surface area is 170 Å². The van der Waals surface area contributed by atoms with Gasteiger partial charge in [0.25, 0.3) is 0 Å². The van der Waals surface area contributed by atoms with E-state index in [0.29, 0.717) is 43.5 Å². The van der Waals surface area contributed by atoms with Gasteiger partial charge in [-0.25, -0.2) is 8.42 Å². The molecule has 1 N–H and O–H groups in total. The van der Waals surface area contributed by atoms with E-state index in [9.17, 15) is 13.2 Å². The lowest BCUT2D eigenvalue weighted by atomic mass is 9.99. The highest BCUT2D eigenvalue weighted by Gasteiger charge is 2.29. The molecule has 1 amide bonds. The van der Waals surface area contributed by atoms with Gasteiger partial charge in [-0.1, -0.05) is 39.3 Å². The lowest BCUT2D eigenvalue weighted by molar-refractivity contribution is -0.123. The van der Waals surface area contributed by atoms with Crippen LogP contribution in [0.2, 0.25) is 0 Å². The number of carbonyl (C=O) groups is 1. The fourth-order valence-corrected chi connectivity index (χ4v) is 4.93. The fraction of sp³-hybridized carbons (Fsp3) is 0.667. The number of amides is 1. The van der Waals surface area contributed by atoms with Crippen LogP contribution >= 0.6 is 0 Å². The van der Waals surface area contributed by atoms with Crippen LogP contribution in [0.4, 0.5) is 0 Å². The SMILES string of the molecule is CCC[C@H](C)NC(=O)CN1CCN(S(=O)(=O)c2ccc([C@@H](C)CC)cc2)CC1. The molecule has 158 valence electrons. The minimum atomic E-state index is -3.48. The Kier molecular flexibility index (Phi) is 8.46. The van der Waals surface area contributed by atoms with Gasteiger partial charge in [0.2, 0.25) is 15.9 Å². The van der Waals surface area contributed by atoms with E-state index in [1.165, 1.54) is 4.31 Å². The summed E-state index contributed by atoms with van der Waals surface area (Å²) in [5.41, 5.74) is 1.16. The summed E-state index contributed by atoms with van der Waals surface area (Å²) in [5.74, 6) is 0.435. The van der Waals surface area contributed by atoms with Gasteiger partial charge in [-0.3, -0.25) is 9.69 Å². The number of nitrogens with one attached hydrogen (secondary N) is 1. The highest BCUT2D eigenvalue weighted by atomic mass is 32.2. The van der Waals surface area contributed by atoms with Crippen molar-refractivity contribution >= 4 is 15.9 Å². The molecule has 1 aliphatic heterocycles. The van der Waals surface area contributed by atoms with Crippen LogP contribution in [0.25, 0.3) is 0 Å². The lowest BCUT2D eigenvalue weighted by Crippen LogP contribution is -2.51. The minimum Gasteiger partial charge on any atom is -0.353 e. The summed E-state index contributed by atoms with van der Waals surface area (Å²) < 4.78 is 27.4. The van der Waals surface area contributed by atoms with Gasteiger partial charge in [0.1, 0.15) is 0 Å². The van der Waals surface area contributed by atoms with Crippen molar-refractivity contribution in [1.29, 1.82) is 0 Å². The van der Waals surface area contributed by atoms with Crippen molar-refractivity contribution in [3.63, 3.8) is 0 Å². The molecule has 2 rings (SSSR count). The molecular weight excluding hydrogens is 374 g/mol. The summed E-state index contributed by atoms with van der Waals surface area (Å²) in [4.78, 5) is 14.5. The van der Waals surface area contributed by atoms with Crippen LogP contribution in [0.1, 0.15) is 58.4 Å². The van der Waals surface area contributed by atoms with E-state index in [0.717, 1.165) is 24.8 Å². The number of hydrogen-bond donors (Lipinski definition) is 1. The molecule has 0 bridgehead atoms. The van der Waals surface area contributed by atoms with Crippen LogP contribution in [-0.2, 0) is 14.8 Å². The van der Waals surface area contributed by atoms with Gasteiger partial charge in [-0.2, -0.15) is 4.31 Å². The van der Waals surface area contributed by atoms with Gasteiger partial charge in [-0.15, -0.1) is 0 Å². The van der Waals surface area contributed by atoms with Gasteiger partial charge in [-0.05, 0) is 43.4 Å². The third-order valence-electron chi connectivity index (χ3n) is 5.53. The number of rotatable bonds is 9. The van der Waals surface area contributed by atoms with Crippen molar-refractivity contribution in [3.8, 4) is 0 Å². The molecule has 7 heteroatoms. The maximum Gasteiger partial charge on any atom is 0.243 e. The Hall–Kier alpha value is -1.44. The van der Waals surface area contributed by atoms with Gasteiger partial charge >= 0.3 is 0 Å². The van der Waals surface area contributed by atoms with Crippen LogP contribution in [0.15, 0.2) is 29.2 Å². The van der Waals surface area contributed by atoms with Gasteiger partial charge in [0.15, 0.2) is 0 Å². The molecule has 6 nitrogen and oxygen atoms in total. The summed E-state index contributed by atoms with van der Waals surface area (Å²) in [6.07, 6.45) is 3.03. The topological polar surface area (TPSA) is 69.7 Å². The first kappa shape index (κ1) is 22.8. The molecular formula is C21H35N3O3S. The standard InChI is InChI=1S/C21H35N3O3S/c1-5-7-18(4)22-21(25)16-23-12-14-24(15-13-23)28(26,27)20-10-8-19(9-11-20)17(3)6-2/h8-11,17-18H,5-7,12-16H2,1-4H3,(H,22,25)/t17-,18-/m0/s1. The van der Waals surface area contributed by atoms with Crippen molar-refractivity contribution in [2.24, 2.45) is 0 Å². The Balaban J connectivity index is 1.90. The Bertz CT molecular complexity index is 726. The second-order valence-corrected chi connectivity index (χ2v) is 9.75. The monoisotopic (exact) mass is 409 g/mol. The second kappa shape index (κ2) is 10.4. The number of benzene rings is 1. The van der Waals surface area contributed by atoms with E-state index in [-0.39, 0.29) is 11.9 Å². The molecule has 0 aliphatic carbocycles. The molecule has 1 aromatic rings. The quantitative estimate of drug-likeness (QED) is 0.681. The number of nitrogens with zero attached hydrogens (tertiary/aromatic N) is 2. The average Bonchev–Trinajstić information content (AvgIpc) is 2.68. The zero-order valence-corrected chi connectivity index (χ0v) is 18.5. The maximum absolute atomic E-state index is 12.9. The predicted molar refractivity (Wildman–Crippen MR) is 113 cm³/mol. The molecule has 2 atom stereocenters. The molecule has 0 radical (unpaired) electrons. The normalized spacial score (nSPS) is 18.6. The number of sulfonamides is 1. The number of piperazine rings is 1. The molecule has 1 aromatic carbocycles. The van der Waals surface area contributed by atoms with Crippen LogP contribution in [-0.4, -0.2) is 62.3 Å². The van der Waals surface area contributed by atoms with Crippen LogP contribution in [0, 0.1) is 0 Å². The van der Waals surface area contributed by atoms with E-state index in [4.69, 9.17) is 0 Å². The molecule has 1 fully saturated rings. The fourth-order valence-electron chi connectivity index (χ4n) is 3.51. The van der Waals surface area contributed by atoms with Crippen LogP contribution < -0.4 is 5.32 Å². The molecule has 1 saturated heterocycles. The van der Waals surface area contributed by atoms with Gasteiger partial charge < -0.3 is 5.32 Å². The smallest absolute Gasteiger partial charge is 0.243 e. The lowest BCUT2D eigenvalue weighted by Gasteiger charge is -2.33. The zero-order valence-electron chi connectivity index (χ0n) is 17.6. The zero-order chi connectivity index (χ0) is 20.7. The largest absolute Gasteiger partial charge is 0.353 e. The third kappa shape index (κ3) is 6.03. The number of carbonyl (C=O) groups excluding carboxylic acids is 1. The van der Waals surface area contributed by atoms with Crippen molar-refractivity contribution in [2.45, 2.75) is 63.8 Å². The highest BCUT2D eigenvalue weighted by Crippen LogP contribution is 2.23. The molecule has 0 aromatic heterocycles. The van der Waals surface area contributed by atoms with Gasteiger partial charge in [0.05, 0.1) is 11.4 Å². The van der Waals surface area contributed by atoms with Crippen LogP contribution in [0.3, 0.4) is 0 Å². The summed E-state index contributed by atoms with van der Waals surface area (Å²) in [6, 6.07) is 7.44. The Morgan fingerprint density at radius 1 is 1.07 bits per heavy atom. The summed E-state index contributed by atoms with van der Waals surface area (Å²) in [7, 11) is -3.48. The first-order valence-corrected chi connectivity index (χ1v) is 11.8. The van der Waals surface area contributed by atoms with E-state index in [2.05, 4.69) is 26.1 Å². The summed E-state index contributed by atoms with van der Waals surface area (Å²) >= 11 is 0. The highest BCUT2D eigenvalue weighted by molar-refractivity contribution is 7.89. The first-order valence-electron chi connectivity index (χ1n) is 10.4. The van der Waals surface area contributed by atoms with E-state index in [1.54, 1.807) is 12.1 Å². The van der Waals surface area contributed by atoms with E-state index < -0.39 is 10.0 Å². The maximum atomic E-state index is 12.9. The number of hydrogen-bond acceptors (Lipinski definition) is 4. The molecule has 1 aliphatic rings. The summed E-state index contributed by atoms with van der Waals surface area (Å²) in [5, 5.41) is 3.00. The molecule has 0 unspecified atom stereocenters. The van der Waals surface area contributed by atoms with E-state index in [1.807, 2.05) is 24.0 Å². The average molecular weight is 410 g/mol. The van der Waals surface area contributed by atoms with E-state index >= 15 is 0 Å². The van der Waals surface area contributed by atoms with Crippen molar-refractivity contribution < 1.29 is 13.2 Å². The van der Waals surface area contributed by atoms with Crippen molar-refractivity contribution in [1.82, 2.24) is 14.5 Å². The van der Waals surface area contributed by atoms with Crippen molar-refractivity contribution in [3.05, 3.63) is 29.8 Å². The Morgan fingerprint density at radius 2 is 1.68 bits per heavy atom. The van der Waals surface area contributed by atoms with Gasteiger partial charge in [0, 0.05) is 32.2 Å². The van der Waals surface area contributed by atoms with Crippen LogP contribution in [0.5, 0.6) is 0 Å². The van der Waals surface area contributed by atoms with Crippen molar-refractivity contribution in [2.75, 3.05) is 32.7 Å². The molecule has 1 heterocycles. The Morgan fingerprint density at radius 3 is 2.21 bits per heavy atom. The second-order valence-electron chi connectivity index (χ2n) is 7.82. The minimum absolute atomic E-state index is 0.0119. The predicted octanol–water partition coefficient (Wildman–Crippen LogP) is 2.81. The third-order valence-corrected chi connectivity index (χ3v) is 7.44. The molecule has 28 heavy (non-hydrogen) atoms. The molecule has 0 saturated carbocycles.